The van der Waals surface area contributed by atoms with Gasteiger partial charge in [0.25, 0.3) is 11.8 Å². The van der Waals surface area contributed by atoms with Crippen LogP contribution in [0.1, 0.15) is 20.7 Å². The van der Waals surface area contributed by atoms with Gasteiger partial charge in [0.15, 0.2) is 11.5 Å². The molecule has 0 saturated heterocycles. The minimum atomic E-state index is -0.565. The predicted octanol–water partition coefficient (Wildman–Crippen LogP) is 1.51. The molecule has 0 atom stereocenters. The highest BCUT2D eigenvalue weighted by molar-refractivity contribution is 6.00. The van der Waals surface area contributed by atoms with E-state index in [1.807, 2.05) is 0 Å². The number of nitrogens with two attached hydrogens (primary N) is 2. The van der Waals surface area contributed by atoms with Crippen molar-refractivity contribution in [2.45, 2.75) is 0 Å². The molecule has 162 valence electrons. The molecule has 2 aromatic carbocycles. The third-order valence-corrected chi connectivity index (χ3v) is 4.51. The van der Waals surface area contributed by atoms with E-state index in [2.05, 4.69) is 21.3 Å². The molecule has 8 N–H and O–H groups in total. The molecule has 10 heteroatoms. The Labute approximate surface area is 175 Å². The SMILES string of the molecule is CNc1c(NCCNc2ccc(C(N)=O)c(OC)c2NC)ccc(C(N)=O)c1OC. The number of benzene rings is 2. The maximum Gasteiger partial charge on any atom is 0.252 e. The van der Waals surface area contributed by atoms with E-state index in [0.29, 0.717) is 47.1 Å². The number of carbonyl (C=O) groups is 2. The summed E-state index contributed by atoms with van der Waals surface area (Å²) in [5.74, 6) is -0.367. The molecule has 0 aliphatic heterocycles. The maximum atomic E-state index is 11.6. The van der Waals surface area contributed by atoms with Gasteiger partial charge in [-0.2, -0.15) is 0 Å². The number of anilines is 4. The monoisotopic (exact) mass is 416 g/mol. The average Bonchev–Trinajstić information content (AvgIpc) is 2.74. The molecule has 0 heterocycles. The number of amides is 2. The van der Waals surface area contributed by atoms with Crippen molar-refractivity contribution in [2.24, 2.45) is 11.5 Å². The Morgan fingerprint density at radius 3 is 1.40 bits per heavy atom. The molecule has 2 rings (SSSR count). The summed E-state index contributed by atoms with van der Waals surface area (Å²) in [7, 11) is 6.43. The lowest BCUT2D eigenvalue weighted by Crippen LogP contribution is -2.18. The highest BCUT2D eigenvalue weighted by Gasteiger charge is 2.18. The Morgan fingerprint density at radius 1 is 0.767 bits per heavy atom. The van der Waals surface area contributed by atoms with Crippen LogP contribution in [0.25, 0.3) is 0 Å². The van der Waals surface area contributed by atoms with Gasteiger partial charge in [0.05, 0.1) is 36.7 Å². The minimum Gasteiger partial charge on any atom is -0.494 e. The van der Waals surface area contributed by atoms with Crippen LogP contribution < -0.4 is 42.2 Å². The van der Waals surface area contributed by atoms with Gasteiger partial charge in [-0.15, -0.1) is 0 Å². The molecule has 2 aromatic rings. The Hall–Kier alpha value is -3.82. The summed E-state index contributed by atoms with van der Waals surface area (Å²) in [6.45, 7) is 1.10. The number of primary amides is 2. The summed E-state index contributed by atoms with van der Waals surface area (Å²) in [6, 6.07) is 6.75. The number of ether oxygens (including phenoxy) is 2. The molecule has 10 nitrogen and oxygen atoms in total. The zero-order valence-electron chi connectivity index (χ0n) is 17.5. The van der Waals surface area contributed by atoms with Crippen LogP contribution in [0.4, 0.5) is 22.7 Å². The second-order valence-corrected chi connectivity index (χ2v) is 6.22. The van der Waals surface area contributed by atoms with E-state index in [-0.39, 0.29) is 0 Å². The molecule has 0 unspecified atom stereocenters. The van der Waals surface area contributed by atoms with E-state index >= 15 is 0 Å². The van der Waals surface area contributed by atoms with E-state index in [0.717, 1.165) is 11.4 Å². The number of hydrogen-bond acceptors (Lipinski definition) is 8. The van der Waals surface area contributed by atoms with Crippen LogP contribution in [0.5, 0.6) is 11.5 Å². The fourth-order valence-electron chi connectivity index (χ4n) is 3.16. The normalized spacial score (nSPS) is 10.1. The molecule has 0 aliphatic carbocycles. The first-order chi connectivity index (χ1) is 14.4. The summed E-state index contributed by atoms with van der Waals surface area (Å²) in [5, 5.41) is 12.6. The fourth-order valence-corrected chi connectivity index (χ4v) is 3.16. The Kier molecular flexibility index (Phi) is 7.56. The molecular weight excluding hydrogens is 388 g/mol. The Morgan fingerprint density at radius 2 is 1.13 bits per heavy atom. The van der Waals surface area contributed by atoms with Crippen LogP contribution in [0.15, 0.2) is 24.3 Å². The number of nitrogens with one attached hydrogen (secondary N) is 4. The topological polar surface area (TPSA) is 153 Å². The van der Waals surface area contributed by atoms with Crippen molar-refractivity contribution < 1.29 is 19.1 Å². The third kappa shape index (κ3) is 4.59. The molecule has 0 spiro atoms. The van der Waals surface area contributed by atoms with Gasteiger partial charge < -0.3 is 42.2 Å². The summed E-state index contributed by atoms with van der Waals surface area (Å²) < 4.78 is 10.7. The van der Waals surface area contributed by atoms with Gasteiger partial charge >= 0.3 is 0 Å². The van der Waals surface area contributed by atoms with Crippen LogP contribution in [-0.4, -0.2) is 53.2 Å². The van der Waals surface area contributed by atoms with Gasteiger partial charge in [0.1, 0.15) is 11.4 Å². The van der Waals surface area contributed by atoms with Crippen molar-refractivity contribution in [3.63, 3.8) is 0 Å². The largest absolute Gasteiger partial charge is 0.494 e. The summed E-state index contributed by atoms with van der Waals surface area (Å²) in [5.41, 5.74) is 14.2. The molecule has 0 bridgehead atoms. The van der Waals surface area contributed by atoms with Crippen LogP contribution in [0.2, 0.25) is 0 Å². The molecular formula is C20H28N6O4. The second-order valence-electron chi connectivity index (χ2n) is 6.22. The second kappa shape index (κ2) is 10.1. The van der Waals surface area contributed by atoms with Gasteiger partial charge in [-0.3, -0.25) is 9.59 Å². The fraction of sp³-hybridized carbons (Fsp3) is 0.300. The lowest BCUT2D eigenvalue weighted by atomic mass is 10.1. The van der Waals surface area contributed by atoms with E-state index in [1.165, 1.54) is 14.2 Å². The summed E-state index contributed by atoms with van der Waals surface area (Å²) in [6.07, 6.45) is 0. The Balaban J connectivity index is 2.14. The summed E-state index contributed by atoms with van der Waals surface area (Å²) in [4.78, 5) is 23.2. The van der Waals surface area contributed by atoms with E-state index in [9.17, 15) is 9.59 Å². The number of hydrogen-bond donors (Lipinski definition) is 6. The molecule has 30 heavy (non-hydrogen) atoms. The number of carbonyl (C=O) groups excluding carboxylic acids is 2. The van der Waals surface area contributed by atoms with Crippen molar-refractivity contribution in [2.75, 3.05) is 62.7 Å². The first kappa shape index (κ1) is 22.5. The van der Waals surface area contributed by atoms with E-state index in [4.69, 9.17) is 20.9 Å². The highest BCUT2D eigenvalue weighted by Crippen LogP contribution is 2.37. The smallest absolute Gasteiger partial charge is 0.252 e. The standard InChI is InChI=1S/C20H28N6O4/c1-23-15-13(7-5-11(19(21)27)17(15)29-3)25-9-10-26-14-8-6-12(20(22)28)18(30-4)16(14)24-2/h5-8,23-26H,9-10H2,1-4H3,(H2,21,27)(H2,22,28). The molecule has 0 saturated carbocycles. The number of rotatable bonds is 11. The van der Waals surface area contributed by atoms with Gasteiger partial charge in [-0.25, -0.2) is 0 Å². The van der Waals surface area contributed by atoms with Crippen molar-refractivity contribution in [3.8, 4) is 11.5 Å². The first-order valence-electron chi connectivity index (χ1n) is 9.24. The molecule has 0 aliphatic rings. The van der Waals surface area contributed by atoms with Crippen molar-refractivity contribution in [3.05, 3.63) is 35.4 Å². The van der Waals surface area contributed by atoms with Crippen LogP contribution in [0.3, 0.4) is 0 Å². The van der Waals surface area contributed by atoms with Crippen molar-refractivity contribution >= 4 is 34.6 Å². The van der Waals surface area contributed by atoms with Crippen LogP contribution in [-0.2, 0) is 0 Å². The quantitative estimate of drug-likeness (QED) is 0.301. The zero-order chi connectivity index (χ0) is 22.3. The number of methoxy groups -OCH3 is 2. The third-order valence-electron chi connectivity index (χ3n) is 4.51. The first-order valence-corrected chi connectivity index (χ1v) is 9.24. The van der Waals surface area contributed by atoms with Crippen LogP contribution in [0, 0.1) is 0 Å². The zero-order valence-corrected chi connectivity index (χ0v) is 17.5. The van der Waals surface area contributed by atoms with Gasteiger partial charge in [-0.05, 0) is 24.3 Å². The maximum absolute atomic E-state index is 11.6. The average molecular weight is 416 g/mol. The summed E-state index contributed by atoms with van der Waals surface area (Å²) >= 11 is 0. The van der Waals surface area contributed by atoms with E-state index in [1.54, 1.807) is 38.4 Å². The van der Waals surface area contributed by atoms with E-state index < -0.39 is 11.8 Å². The van der Waals surface area contributed by atoms with Crippen molar-refractivity contribution in [1.29, 1.82) is 0 Å². The Bertz CT molecular complexity index is 856. The molecule has 2 amide bonds. The molecule has 0 fully saturated rings. The highest BCUT2D eigenvalue weighted by atomic mass is 16.5. The van der Waals surface area contributed by atoms with Gasteiger partial charge in [0, 0.05) is 27.2 Å². The van der Waals surface area contributed by atoms with Gasteiger partial charge in [0.2, 0.25) is 0 Å². The molecule has 0 radical (unpaired) electrons. The van der Waals surface area contributed by atoms with Gasteiger partial charge in [-0.1, -0.05) is 0 Å². The minimum absolute atomic E-state index is 0.297. The molecule has 0 aromatic heterocycles. The van der Waals surface area contributed by atoms with Crippen molar-refractivity contribution in [1.82, 2.24) is 0 Å². The lowest BCUT2D eigenvalue weighted by Gasteiger charge is -2.19. The van der Waals surface area contributed by atoms with Crippen LogP contribution >= 0.6 is 0 Å². The lowest BCUT2D eigenvalue weighted by molar-refractivity contribution is 0.0989. The predicted molar refractivity (Wildman–Crippen MR) is 119 cm³/mol.